The molecule has 0 amide bonds. The van der Waals surface area contributed by atoms with Gasteiger partial charge in [-0.25, -0.2) is 0 Å². The van der Waals surface area contributed by atoms with Gasteiger partial charge in [0.2, 0.25) is 0 Å². The highest BCUT2D eigenvalue weighted by Crippen LogP contribution is 2.28. The van der Waals surface area contributed by atoms with Gasteiger partial charge in [-0.15, -0.1) is 11.6 Å². The van der Waals surface area contributed by atoms with Crippen molar-refractivity contribution in [2.75, 3.05) is 6.61 Å². The Morgan fingerprint density at radius 3 is 1.70 bits per heavy atom. The Hall–Kier alpha value is 0.520. The number of aliphatic hydroxyl groups is 1. The summed E-state index contributed by atoms with van der Waals surface area (Å²) in [5.41, 5.74) is 0. The maximum atomic E-state index is 11.0. The molecule has 1 nitrogen and oxygen atoms in total. The lowest BCUT2D eigenvalue weighted by Gasteiger charge is -2.03. The first-order valence-corrected chi connectivity index (χ1v) is 3.67. The lowest BCUT2D eigenvalue weighted by Crippen LogP contribution is -2.16. The van der Waals surface area contributed by atoms with Crippen molar-refractivity contribution in [3.63, 3.8) is 0 Å². The molecule has 0 spiro atoms. The van der Waals surface area contributed by atoms with Gasteiger partial charge in [-0.3, -0.25) is 0 Å². The van der Waals surface area contributed by atoms with E-state index in [-0.39, 0.29) is 6.61 Å². The zero-order valence-electron chi connectivity index (χ0n) is 5.12. The summed E-state index contributed by atoms with van der Waals surface area (Å²) in [4.78, 5) is 0. The Balaban J connectivity index is 0. The first kappa shape index (κ1) is 13.1. The van der Waals surface area contributed by atoms with Gasteiger partial charge >= 0.3 is 6.18 Å². The number of alkyl halides is 5. The van der Waals surface area contributed by atoms with Crippen molar-refractivity contribution in [1.82, 2.24) is 0 Å². The minimum atomic E-state index is -4.32. The molecular weight excluding hydrogens is 236 g/mol. The summed E-state index contributed by atoms with van der Waals surface area (Å²) in [5.74, 6) is 0. The molecule has 1 atom stereocenters. The molecule has 1 unspecified atom stereocenters. The molecule has 0 saturated heterocycles. The van der Waals surface area contributed by atoms with Gasteiger partial charge in [0.1, 0.15) is 0 Å². The second-order valence-corrected chi connectivity index (χ2v) is 3.04. The Kier molecular flexibility index (Phi) is 8.20. The van der Waals surface area contributed by atoms with E-state index in [2.05, 4.69) is 27.5 Å². The first-order valence-electron chi connectivity index (χ1n) is 2.32. The van der Waals surface area contributed by atoms with E-state index in [9.17, 15) is 13.2 Å². The van der Waals surface area contributed by atoms with Gasteiger partial charge in [0.05, 0.1) is 0 Å². The number of hydrogen-bond acceptors (Lipinski definition) is 1. The zero-order chi connectivity index (χ0) is 8.78. The zero-order valence-corrected chi connectivity index (χ0v) is 7.46. The predicted molar refractivity (Wildman–Crippen MR) is 37.4 cm³/mol. The maximum Gasteiger partial charge on any atom is 0.414 e. The van der Waals surface area contributed by atoms with Crippen LogP contribution < -0.4 is 0 Å². The fourth-order valence-corrected chi connectivity index (χ4v) is 0. The van der Waals surface area contributed by atoms with Crippen molar-refractivity contribution in [2.45, 2.75) is 17.4 Å². The summed E-state index contributed by atoms with van der Waals surface area (Å²) >= 11 is 6.68. The molecule has 6 heteroatoms. The Bertz CT molecular complexity index is 75.4. The number of hydrogen-bond donors (Lipinski definition) is 1. The Morgan fingerprint density at radius 1 is 1.60 bits per heavy atom. The molecule has 0 aliphatic carbocycles. The molecule has 0 rings (SSSR count). The fourth-order valence-electron chi connectivity index (χ4n) is 0. The molecule has 0 radical (unpaired) electrons. The summed E-state index contributed by atoms with van der Waals surface area (Å²) in [5, 5.41) is 7.57. The van der Waals surface area contributed by atoms with E-state index in [0.29, 0.717) is 0 Å². The lowest BCUT2D eigenvalue weighted by molar-refractivity contribution is -0.112. The summed E-state index contributed by atoms with van der Waals surface area (Å²) in [7, 11) is 0. The molecule has 0 aliphatic heterocycles. The molecular formula is C4H7BrClF3O. The molecule has 0 fully saturated rings. The third kappa shape index (κ3) is 11.3. The molecule has 0 heterocycles. The fraction of sp³-hybridized carbons (Fsp3) is 1.00. The first-order chi connectivity index (χ1) is 4.36. The number of rotatable bonds is 0. The van der Waals surface area contributed by atoms with Gasteiger partial charge in [-0.05, 0) is 6.92 Å². The quantitative estimate of drug-likeness (QED) is 0.648. The maximum absolute atomic E-state index is 11.0. The second-order valence-electron chi connectivity index (χ2n) is 1.16. The Labute approximate surface area is 70.3 Å². The smallest absolute Gasteiger partial charge is 0.397 e. The molecule has 10 heavy (non-hydrogen) atoms. The minimum absolute atomic E-state index is 0.250. The van der Waals surface area contributed by atoms with Crippen LogP contribution in [0.2, 0.25) is 0 Å². The van der Waals surface area contributed by atoms with Gasteiger partial charge in [-0.2, -0.15) is 13.2 Å². The third-order valence-corrected chi connectivity index (χ3v) is 1.01. The van der Waals surface area contributed by atoms with Gasteiger partial charge in [-0.1, -0.05) is 15.9 Å². The SMILES string of the molecule is CCO.FC(F)(F)C(Cl)Br. The number of aliphatic hydroxyl groups excluding tert-OH is 1. The summed E-state index contributed by atoms with van der Waals surface area (Å²) in [6.45, 7) is 1.93. The second kappa shape index (κ2) is 6.24. The van der Waals surface area contributed by atoms with E-state index >= 15 is 0 Å². The van der Waals surface area contributed by atoms with Crippen LogP contribution in [0, 0.1) is 0 Å². The van der Waals surface area contributed by atoms with E-state index in [0.717, 1.165) is 0 Å². The minimum Gasteiger partial charge on any atom is -0.397 e. The summed E-state index contributed by atoms with van der Waals surface area (Å²) in [6.07, 6.45) is -4.32. The van der Waals surface area contributed by atoms with Crippen LogP contribution in [0.15, 0.2) is 0 Å². The molecule has 1 N–H and O–H groups in total. The molecule has 64 valence electrons. The lowest BCUT2D eigenvalue weighted by atomic mass is 10.8. The van der Waals surface area contributed by atoms with Crippen LogP contribution in [0.5, 0.6) is 0 Å². The van der Waals surface area contributed by atoms with Crippen molar-refractivity contribution in [3.05, 3.63) is 0 Å². The number of halogens is 5. The average molecular weight is 243 g/mol. The van der Waals surface area contributed by atoms with Gasteiger partial charge < -0.3 is 5.11 Å². The average Bonchev–Trinajstić information content (AvgIpc) is 1.64. The van der Waals surface area contributed by atoms with E-state index in [4.69, 9.17) is 5.11 Å². The standard InChI is InChI=1S/C2HBrClF3.C2H6O/c3-1(4)2(5,6)7;1-2-3/h1H;3H,2H2,1H3. The third-order valence-electron chi connectivity index (χ3n) is 0.247. The molecule has 0 aromatic carbocycles. The van der Waals surface area contributed by atoms with Gasteiger partial charge in [0.25, 0.3) is 0 Å². The van der Waals surface area contributed by atoms with Crippen LogP contribution >= 0.6 is 27.5 Å². The monoisotopic (exact) mass is 242 g/mol. The van der Waals surface area contributed by atoms with Crippen LogP contribution in [0.25, 0.3) is 0 Å². The van der Waals surface area contributed by atoms with Crippen LogP contribution in [0.1, 0.15) is 6.92 Å². The van der Waals surface area contributed by atoms with Crippen LogP contribution in [-0.4, -0.2) is 22.2 Å². The molecule has 0 bridgehead atoms. The van der Waals surface area contributed by atoms with Gasteiger partial charge in [0.15, 0.2) is 4.29 Å². The highest BCUT2D eigenvalue weighted by atomic mass is 79.9. The topological polar surface area (TPSA) is 20.2 Å². The van der Waals surface area contributed by atoms with Crippen LogP contribution in [-0.2, 0) is 0 Å². The normalized spacial score (nSPS) is 13.5. The van der Waals surface area contributed by atoms with Crippen molar-refractivity contribution in [3.8, 4) is 0 Å². The highest BCUT2D eigenvalue weighted by Gasteiger charge is 2.35. The van der Waals surface area contributed by atoms with Crippen molar-refractivity contribution >= 4 is 27.5 Å². The summed E-state index contributed by atoms with van der Waals surface area (Å²) in [6, 6.07) is 0. The summed E-state index contributed by atoms with van der Waals surface area (Å²) < 4.78 is 31.1. The van der Waals surface area contributed by atoms with Crippen molar-refractivity contribution in [2.24, 2.45) is 0 Å². The van der Waals surface area contributed by atoms with Crippen molar-refractivity contribution in [1.29, 1.82) is 0 Å². The van der Waals surface area contributed by atoms with E-state index in [1.165, 1.54) is 0 Å². The molecule has 0 aliphatic rings. The molecule has 0 aromatic rings. The molecule has 0 saturated carbocycles. The van der Waals surface area contributed by atoms with E-state index < -0.39 is 10.5 Å². The Morgan fingerprint density at radius 2 is 1.70 bits per heavy atom. The van der Waals surface area contributed by atoms with E-state index in [1.807, 2.05) is 0 Å². The molecule has 0 aromatic heterocycles. The van der Waals surface area contributed by atoms with Gasteiger partial charge in [0, 0.05) is 6.61 Å². The van der Waals surface area contributed by atoms with Crippen LogP contribution in [0.4, 0.5) is 13.2 Å². The largest absolute Gasteiger partial charge is 0.414 e. The van der Waals surface area contributed by atoms with Crippen LogP contribution in [0.3, 0.4) is 0 Å². The highest BCUT2D eigenvalue weighted by molar-refractivity contribution is 9.10. The van der Waals surface area contributed by atoms with E-state index in [1.54, 1.807) is 6.92 Å². The van der Waals surface area contributed by atoms with Crippen molar-refractivity contribution < 1.29 is 18.3 Å². The predicted octanol–water partition coefficient (Wildman–Crippen LogP) is 2.51.